The van der Waals surface area contributed by atoms with Crippen molar-refractivity contribution in [1.82, 2.24) is 10.3 Å². The van der Waals surface area contributed by atoms with Crippen LogP contribution in [0.3, 0.4) is 0 Å². The molecule has 0 aromatic carbocycles. The van der Waals surface area contributed by atoms with Gasteiger partial charge in [-0.15, -0.1) is 11.3 Å². The number of sulfone groups is 1. The number of aromatic nitrogens is 1. The predicted molar refractivity (Wildman–Crippen MR) is 65.2 cm³/mol. The first kappa shape index (κ1) is 12.0. The van der Waals surface area contributed by atoms with E-state index < -0.39 is 15.1 Å². The smallest absolute Gasteiger partial charge is 0.156 e. The van der Waals surface area contributed by atoms with Gasteiger partial charge < -0.3 is 5.32 Å². The lowest BCUT2D eigenvalue weighted by molar-refractivity contribution is 0.591. The van der Waals surface area contributed by atoms with Crippen LogP contribution >= 0.6 is 11.3 Å². The summed E-state index contributed by atoms with van der Waals surface area (Å²) < 4.78 is 22.7. The molecule has 90 valence electrons. The SMILES string of the molecule is CC(c1nc(CNC2CC2)cs1)S(C)(=O)=O. The number of thiazole rings is 1. The average Bonchev–Trinajstić information content (AvgIpc) is 2.91. The molecule has 2 rings (SSSR count). The molecule has 1 aliphatic carbocycles. The molecule has 1 aliphatic rings. The second-order valence-electron chi connectivity index (χ2n) is 4.30. The molecule has 0 saturated heterocycles. The van der Waals surface area contributed by atoms with Crippen LogP contribution in [0.4, 0.5) is 0 Å². The zero-order valence-corrected chi connectivity index (χ0v) is 11.1. The van der Waals surface area contributed by atoms with Gasteiger partial charge in [0.1, 0.15) is 10.3 Å². The van der Waals surface area contributed by atoms with Crippen molar-refractivity contribution >= 4 is 21.2 Å². The number of rotatable bonds is 5. The first-order valence-electron chi connectivity index (χ1n) is 5.33. The van der Waals surface area contributed by atoms with Gasteiger partial charge in [-0.3, -0.25) is 0 Å². The molecule has 4 nitrogen and oxygen atoms in total. The van der Waals surface area contributed by atoms with Crippen LogP contribution in [0.25, 0.3) is 0 Å². The van der Waals surface area contributed by atoms with E-state index in [2.05, 4.69) is 10.3 Å². The minimum atomic E-state index is -3.03. The van der Waals surface area contributed by atoms with Crippen molar-refractivity contribution in [2.24, 2.45) is 0 Å². The maximum atomic E-state index is 11.4. The molecule has 16 heavy (non-hydrogen) atoms. The fourth-order valence-corrected chi connectivity index (χ4v) is 3.17. The molecule has 0 amide bonds. The van der Waals surface area contributed by atoms with Crippen molar-refractivity contribution in [3.8, 4) is 0 Å². The Morgan fingerprint density at radius 1 is 1.62 bits per heavy atom. The van der Waals surface area contributed by atoms with E-state index in [9.17, 15) is 8.42 Å². The van der Waals surface area contributed by atoms with Gasteiger partial charge in [0.2, 0.25) is 0 Å². The van der Waals surface area contributed by atoms with Gasteiger partial charge >= 0.3 is 0 Å². The summed E-state index contributed by atoms with van der Waals surface area (Å²) in [5, 5.41) is 5.49. The van der Waals surface area contributed by atoms with Crippen molar-refractivity contribution in [2.45, 2.75) is 37.6 Å². The molecule has 1 saturated carbocycles. The molecule has 1 unspecified atom stereocenters. The molecule has 0 spiro atoms. The fourth-order valence-electron chi connectivity index (χ4n) is 1.31. The largest absolute Gasteiger partial charge is 0.308 e. The molecule has 6 heteroatoms. The zero-order valence-electron chi connectivity index (χ0n) is 9.43. The van der Waals surface area contributed by atoms with Gasteiger partial charge in [0.15, 0.2) is 9.84 Å². The van der Waals surface area contributed by atoms with Crippen LogP contribution in [0, 0.1) is 0 Å². The van der Waals surface area contributed by atoms with Crippen LogP contribution in [-0.2, 0) is 16.4 Å². The van der Waals surface area contributed by atoms with Gasteiger partial charge in [0, 0.05) is 24.2 Å². The molecule has 1 atom stereocenters. The Bertz CT molecular complexity index is 463. The third-order valence-electron chi connectivity index (χ3n) is 2.71. The van der Waals surface area contributed by atoms with E-state index >= 15 is 0 Å². The highest BCUT2D eigenvalue weighted by atomic mass is 32.2. The summed E-state index contributed by atoms with van der Waals surface area (Å²) in [6.45, 7) is 2.43. The van der Waals surface area contributed by atoms with Crippen LogP contribution < -0.4 is 5.32 Å². The lowest BCUT2D eigenvalue weighted by Crippen LogP contribution is -2.15. The summed E-state index contributed by atoms with van der Waals surface area (Å²) >= 11 is 1.43. The first-order valence-corrected chi connectivity index (χ1v) is 8.17. The van der Waals surface area contributed by atoms with E-state index in [4.69, 9.17) is 0 Å². The molecule has 0 aliphatic heterocycles. The van der Waals surface area contributed by atoms with E-state index in [1.54, 1.807) is 6.92 Å². The van der Waals surface area contributed by atoms with Gasteiger partial charge in [-0.25, -0.2) is 13.4 Å². The molecule has 0 radical (unpaired) electrons. The standard InChI is InChI=1S/C10H16N2O2S2/c1-7(16(2,13)14)10-12-9(6-15-10)5-11-8-3-4-8/h6-8,11H,3-5H2,1-2H3. The number of nitrogens with one attached hydrogen (secondary N) is 1. The highest BCUT2D eigenvalue weighted by Gasteiger charge is 2.22. The average molecular weight is 260 g/mol. The first-order chi connectivity index (χ1) is 7.47. The maximum Gasteiger partial charge on any atom is 0.156 e. The molecule has 1 N–H and O–H groups in total. The zero-order chi connectivity index (χ0) is 11.8. The van der Waals surface area contributed by atoms with E-state index in [0.29, 0.717) is 11.0 Å². The predicted octanol–water partition coefficient (Wildman–Crippen LogP) is 1.50. The van der Waals surface area contributed by atoms with E-state index in [-0.39, 0.29) is 0 Å². The van der Waals surface area contributed by atoms with Crippen molar-refractivity contribution in [3.05, 3.63) is 16.1 Å². The van der Waals surface area contributed by atoms with Crippen molar-refractivity contribution in [1.29, 1.82) is 0 Å². The minimum absolute atomic E-state index is 0.493. The van der Waals surface area contributed by atoms with Crippen LogP contribution in [-0.4, -0.2) is 25.7 Å². The summed E-state index contributed by atoms with van der Waals surface area (Å²) in [5.74, 6) is 0. The Morgan fingerprint density at radius 2 is 2.31 bits per heavy atom. The number of hydrogen-bond acceptors (Lipinski definition) is 5. The van der Waals surface area contributed by atoms with E-state index in [1.807, 2.05) is 5.38 Å². The summed E-state index contributed by atoms with van der Waals surface area (Å²) in [4.78, 5) is 4.35. The second-order valence-corrected chi connectivity index (χ2v) is 7.56. The van der Waals surface area contributed by atoms with Gasteiger partial charge in [-0.1, -0.05) is 0 Å². The second kappa shape index (κ2) is 4.43. The van der Waals surface area contributed by atoms with Crippen LogP contribution in [0.5, 0.6) is 0 Å². The number of nitrogens with zero attached hydrogens (tertiary/aromatic N) is 1. The third kappa shape index (κ3) is 3.02. The van der Waals surface area contributed by atoms with Crippen molar-refractivity contribution in [2.75, 3.05) is 6.26 Å². The van der Waals surface area contributed by atoms with Gasteiger partial charge in [0.05, 0.1) is 5.69 Å². The van der Waals surface area contributed by atoms with Crippen LogP contribution in [0.2, 0.25) is 0 Å². The van der Waals surface area contributed by atoms with Crippen molar-refractivity contribution in [3.63, 3.8) is 0 Å². The third-order valence-corrected chi connectivity index (χ3v) is 5.44. The Kier molecular flexibility index (Phi) is 3.32. The van der Waals surface area contributed by atoms with Gasteiger partial charge in [-0.05, 0) is 19.8 Å². The molecule has 0 bridgehead atoms. The normalized spacial score (nSPS) is 18.6. The fraction of sp³-hybridized carbons (Fsp3) is 0.700. The molecular formula is C10H16N2O2S2. The van der Waals surface area contributed by atoms with Gasteiger partial charge in [0.25, 0.3) is 0 Å². The maximum absolute atomic E-state index is 11.4. The summed E-state index contributed by atoms with van der Waals surface area (Å²) in [6.07, 6.45) is 3.74. The minimum Gasteiger partial charge on any atom is -0.308 e. The highest BCUT2D eigenvalue weighted by Crippen LogP contribution is 2.25. The van der Waals surface area contributed by atoms with E-state index in [0.717, 1.165) is 12.2 Å². The number of hydrogen-bond donors (Lipinski definition) is 1. The Morgan fingerprint density at radius 3 is 2.88 bits per heavy atom. The quantitative estimate of drug-likeness (QED) is 0.871. The lowest BCUT2D eigenvalue weighted by Gasteiger charge is -2.04. The highest BCUT2D eigenvalue weighted by molar-refractivity contribution is 7.91. The summed E-state index contributed by atoms with van der Waals surface area (Å²) in [5.41, 5.74) is 0.947. The molecular weight excluding hydrogens is 244 g/mol. The molecule has 1 aromatic rings. The molecule has 1 aromatic heterocycles. The topological polar surface area (TPSA) is 59.1 Å². The summed E-state index contributed by atoms with van der Waals surface area (Å²) in [6, 6.07) is 0.650. The van der Waals surface area contributed by atoms with Crippen LogP contribution in [0.1, 0.15) is 35.7 Å². The Labute approximate surface area is 100 Å². The Hall–Kier alpha value is -0.460. The monoisotopic (exact) mass is 260 g/mol. The van der Waals surface area contributed by atoms with E-state index in [1.165, 1.54) is 30.4 Å². The Balaban J connectivity index is 2.00. The van der Waals surface area contributed by atoms with Crippen LogP contribution in [0.15, 0.2) is 5.38 Å². The lowest BCUT2D eigenvalue weighted by atomic mass is 10.4. The van der Waals surface area contributed by atoms with Crippen molar-refractivity contribution < 1.29 is 8.42 Å². The molecule has 1 fully saturated rings. The summed E-state index contributed by atoms with van der Waals surface area (Å²) in [7, 11) is -3.03. The molecule has 1 heterocycles. The van der Waals surface area contributed by atoms with Gasteiger partial charge in [-0.2, -0.15) is 0 Å².